The molecule has 0 saturated heterocycles. The number of aryl methyl sites for hydroxylation is 2. The summed E-state index contributed by atoms with van der Waals surface area (Å²) in [6, 6.07) is 8.50. The maximum absolute atomic E-state index is 9.29. The van der Waals surface area contributed by atoms with Crippen LogP contribution in [0.3, 0.4) is 0 Å². The zero-order valence-corrected chi connectivity index (χ0v) is 9.27. The predicted molar refractivity (Wildman–Crippen MR) is 62.9 cm³/mol. The molecule has 1 aromatic carbocycles. The first-order chi connectivity index (χ1) is 7.18. The van der Waals surface area contributed by atoms with Gasteiger partial charge in [0.25, 0.3) is 0 Å². The molecule has 2 nitrogen and oxygen atoms in total. The number of hydrogen-bond donors (Lipinski definition) is 1. The third kappa shape index (κ3) is 2.05. The molecule has 0 aliphatic carbocycles. The molecule has 0 bridgehead atoms. The van der Waals surface area contributed by atoms with Gasteiger partial charge in [-0.05, 0) is 37.5 Å². The van der Waals surface area contributed by atoms with E-state index in [1.807, 2.05) is 6.92 Å². The minimum Gasteiger partial charge on any atom is -0.393 e. The van der Waals surface area contributed by atoms with Crippen molar-refractivity contribution < 1.29 is 5.11 Å². The van der Waals surface area contributed by atoms with Crippen molar-refractivity contribution in [1.29, 1.82) is 0 Å². The Morgan fingerprint density at radius 3 is 2.87 bits per heavy atom. The van der Waals surface area contributed by atoms with Crippen LogP contribution in [0.25, 0.3) is 10.9 Å². The molecule has 15 heavy (non-hydrogen) atoms. The van der Waals surface area contributed by atoms with Crippen LogP contribution in [0.15, 0.2) is 30.5 Å². The molecule has 2 heteroatoms. The minimum atomic E-state index is -0.219. The monoisotopic (exact) mass is 203 g/mol. The third-order valence-electron chi connectivity index (χ3n) is 2.85. The highest BCUT2D eigenvalue weighted by Gasteiger charge is 2.04. The van der Waals surface area contributed by atoms with Crippen molar-refractivity contribution in [3.05, 3.63) is 36.0 Å². The molecule has 80 valence electrons. The fourth-order valence-corrected chi connectivity index (χ4v) is 1.95. The van der Waals surface area contributed by atoms with Gasteiger partial charge in [0.2, 0.25) is 0 Å². The second-order valence-electron chi connectivity index (χ2n) is 4.16. The third-order valence-corrected chi connectivity index (χ3v) is 2.85. The Bertz CT molecular complexity index is 457. The summed E-state index contributed by atoms with van der Waals surface area (Å²) in [4.78, 5) is 0. The summed E-state index contributed by atoms with van der Waals surface area (Å²) in [7, 11) is 2.06. The summed E-state index contributed by atoms with van der Waals surface area (Å²) in [5.41, 5.74) is 2.59. The molecular formula is C13H17NO. The quantitative estimate of drug-likeness (QED) is 0.814. The van der Waals surface area contributed by atoms with Crippen LogP contribution < -0.4 is 0 Å². The second-order valence-corrected chi connectivity index (χ2v) is 4.16. The molecule has 1 atom stereocenters. The van der Waals surface area contributed by atoms with Crippen LogP contribution in [0.5, 0.6) is 0 Å². The van der Waals surface area contributed by atoms with Crippen molar-refractivity contribution in [1.82, 2.24) is 4.57 Å². The lowest BCUT2D eigenvalue weighted by atomic mass is 10.0. The molecule has 0 aliphatic heterocycles. The van der Waals surface area contributed by atoms with Gasteiger partial charge in [-0.3, -0.25) is 0 Å². The Kier molecular flexibility index (Phi) is 2.78. The maximum atomic E-state index is 9.29. The van der Waals surface area contributed by atoms with Crippen LogP contribution >= 0.6 is 0 Å². The van der Waals surface area contributed by atoms with E-state index < -0.39 is 0 Å². The number of rotatable bonds is 3. The summed E-state index contributed by atoms with van der Waals surface area (Å²) in [6.07, 6.45) is 3.63. The summed E-state index contributed by atoms with van der Waals surface area (Å²) in [6.45, 7) is 1.84. The molecule has 0 unspecified atom stereocenters. The summed E-state index contributed by atoms with van der Waals surface area (Å²) in [5.74, 6) is 0. The molecule has 2 aromatic rings. The van der Waals surface area contributed by atoms with E-state index in [0.29, 0.717) is 0 Å². The van der Waals surface area contributed by atoms with Gasteiger partial charge in [-0.2, -0.15) is 0 Å². The number of nitrogens with zero attached hydrogens (tertiary/aromatic N) is 1. The number of aliphatic hydroxyl groups is 1. The minimum absolute atomic E-state index is 0.219. The molecule has 0 saturated carbocycles. The number of fused-ring (bicyclic) bond motifs is 1. The highest BCUT2D eigenvalue weighted by atomic mass is 16.3. The van der Waals surface area contributed by atoms with Crippen LogP contribution in [-0.4, -0.2) is 15.8 Å². The van der Waals surface area contributed by atoms with Gasteiger partial charge >= 0.3 is 0 Å². The van der Waals surface area contributed by atoms with Gasteiger partial charge in [-0.15, -0.1) is 0 Å². The fraction of sp³-hybridized carbons (Fsp3) is 0.385. The molecule has 0 spiro atoms. The molecule has 0 radical (unpaired) electrons. The molecule has 0 aliphatic rings. The summed E-state index contributed by atoms with van der Waals surface area (Å²) < 4.78 is 2.13. The second kappa shape index (κ2) is 4.07. The number of aromatic nitrogens is 1. The SMILES string of the molecule is C[C@H](O)CCc1cccc2c1ccn2C. The van der Waals surface area contributed by atoms with E-state index in [-0.39, 0.29) is 6.10 Å². The molecule has 0 fully saturated rings. The van der Waals surface area contributed by atoms with Crippen molar-refractivity contribution in [2.75, 3.05) is 0 Å². The van der Waals surface area contributed by atoms with Gasteiger partial charge in [-0.25, -0.2) is 0 Å². The van der Waals surface area contributed by atoms with Gasteiger partial charge in [0.1, 0.15) is 0 Å². The molecule has 1 aromatic heterocycles. The average molecular weight is 203 g/mol. The predicted octanol–water partition coefficient (Wildman–Crippen LogP) is 2.49. The number of aliphatic hydroxyl groups excluding tert-OH is 1. The lowest BCUT2D eigenvalue weighted by Crippen LogP contribution is -2.01. The van der Waals surface area contributed by atoms with Crippen molar-refractivity contribution in [3.8, 4) is 0 Å². The lowest BCUT2D eigenvalue weighted by molar-refractivity contribution is 0.185. The van der Waals surface area contributed by atoms with E-state index >= 15 is 0 Å². The van der Waals surface area contributed by atoms with Crippen molar-refractivity contribution in [3.63, 3.8) is 0 Å². The van der Waals surface area contributed by atoms with Crippen LogP contribution in [0.4, 0.5) is 0 Å². The van der Waals surface area contributed by atoms with Crippen molar-refractivity contribution >= 4 is 10.9 Å². The highest BCUT2D eigenvalue weighted by molar-refractivity contribution is 5.83. The number of hydrogen-bond acceptors (Lipinski definition) is 1. The van der Waals surface area contributed by atoms with Gasteiger partial charge in [0, 0.05) is 24.1 Å². The van der Waals surface area contributed by atoms with E-state index in [4.69, 9.17) is 0 Å². The van der Waals surface area contributed by atoms with Crippen molar-refractivity contribution in [2.24, 2.45) is 7.05 Å². The van der Waals surface area contributed by atoms with E-state index in [2.05, 4.69) is 42.1 Å². The first-order valence-corrected chi connectivity index (χ1v) is 5.39. The van der Waals surface area contributed by atoms with Gasteiger partial charge in [-0.1, -0.05) is 12.1 Å². The van der Waals surface area contributed by atoms with Gasteiger partial charge in [0.15, 0.2) is 0 Å². The average Bonchev–Trinajstić information content (AvgIpc) is 2.58. The normalized spacial score (nSPS) is 13.3. The molecule has 0 amide bonds. The fourth-order valence-electron chi connectivity index (χ4n) is 1.95. The Balaban J connectivity index is 2.34. The Labute approximate surface area is 90.2 Å². The first-order valence-electron chi connectivity index (χ1n) is 5.39. The number of benzene rings is 1. The van der Waals surface area contributed by atoms with Crippen molar-refractivity contribution in [2.45, 2.75) is 25.9 Å². The zero-order chi connectivity index (χ0) is 10.8. The van der Waals surface area contributed by atoms with Crippen LogP contribution in [-0.2, 0) is 13.5 Å². The summed E-state index contributed by atoms with van der Waals surface area (Å²) in [5, 5.41) is 10.6. The zero-order valence-electron chi connectivity index (χ0n) is 9.27. The van der Waals surface area contributed by atoms with Gasteiger partial charge < -0.3 is 9.67 Å². The highest BCUT2D eigenvalue weighted by Crippen LogP contribution is 2.20. The standard InChI is InChI=1S/C13H17NO/c1-10(15)6-7-11-4-3-5-13-12(11)8-9-14(13)2/h3-5,8-10,15H,6-7H2,1-2H3/t10-/m0/s1. The Morgan fingerprint density at radius 1 is 1.33 bits per heavy atom. The largest absolute Gasteiger partial charge is 0.393 e. The van der Waals surface area contributed by atoms with Crippen LogP contribution in [0, 0.1) is 0 Å². The van der Waals surface area contributed by atoms with E-state index in [1.54, 1.807) is 0 Å². The summed E-state index contributed by atoms with van der Waals surface area (Å²) >= 11 is 0. The van der Waals surface area contributed by atoms with Gasteiger partial charge in [0.05, 0.1) is 6.10 Å². The Morgan fingerprint density at radius 2 is 2.13 bits per heavy atom. The molecular weight excluding hydrogens is 186 g/mol. The van der Waals surface area contributed by atoms with Crippen LogP contribution in [0.1, 0.15) is 18.9 Å². The molecule has 2 rings (SSSR count). The topological polar surface area (TPSA) is 25.2 Å². The smallest absolute Gasteiger partial charge is 0.0515 e. The van der Waals surface area contributed by atoms with Crippen LogP contribution in [0.2, 0.25) is 0 Å². The molecule has 1 heterocycles. The lowest BCUT2D eigenvalue weighted by Gasteiger charge is -2.06. The van der Waals surface area contributed by atoms with E-state index in [1.165, 1.54) is 16.5 Å². The first kappa shape index (κ1) is 10.2. The van der Waals surface area contributed by atoms with E-state index in [9.17, 15) is 5.11 Å². The van der Waals surface area contributed by atoms with E-state index in [0.717, 1.165) is 12.8 Å². The maximum Gasteiger partial charge on any atom is 0.0515 e. The molecule has 1 N–H and O–H groups in total. The Hall–Kier alpha value is -1.28.